The summed E-state index contributed by atoms with van der Waals surface area (Å²) in [6.45, 7) is 10.6. The third-order valence-electron chi connectivity index (χ3n) is 5.92. The molecule has 32 heavy (non-hydrogen) atoms. The summed E-state index contributed by atoms with van der Waals surface area (Å²) in [5, 5.41) is 0. The van der Waals surface area contributed by atoms with E-state index in [-0.39, 0.29) is 28.4 Å². The van der Waals surface area contributed by atoms with E-state index < -0.39 is 23.4 Å². The molecule has 0 spiro atoms. The van der Waals surface area contributed by atoms with Gasteiger partial charge in [-0.25, -0.2) is 18.0 Å². The Hall–Kier alpha value is -3.08. The van der Waals surface area contributed by atoms with Gasteiger partial charge in [0.1, 0.15) is 11.6 Å². The highest BCUT2D eigenvalue weighted by Crippen LogP contribution is 2.38. The summed E-state index contributed by atoms with van der Waals surface area (Å²) in [7, 11) is 0. The molecule has 0 amide bonds. The Morgan fingerprint density at radius 3 is 2.22 bits per heavy atom. The minimum atomic E-state index is -0.884. The van der Waals surface area contributed by atoms with E-state index >= 15 is 0 Å². The van der Waals surface area contributed by atoms with Gasteiger partial charge in [0.15, 0.2) is 11.6 Å². The van der Waals surface area contributed by atoms with E-state index in [1.54, 1.807) is 12.1 Å². The number of hydrogen-bond acceptors (Lipinski definition) is 2. The molecule has 1 fully saturated rings. The minimum absolute atomic E-state index is 0.0451. The van der Waals surface area contributed by atoms with Crippen molar-refractivity contribution in [1.29, 1.82) is 0 Å². The smallest absolute Gasteiger partial charge is 0.343 e. The Kier molecular flexibility index (Phi) is 7.39. The van der Waals surface area contributed by atoms with Crippen LogP contribution in [0.3, 0.4) is 0 Å². The van der Waals surface area contributed by atoms with Gasteiger partial charge in [0, 0.05) is 11.6 Å². The summed E-state index contributed by atoms with van der Waals surface area (Å²) in [4.78, 5) is 12.2. The lowest BCUT2D eigenvalue weighted by Crippen LogP contribution is -2.13. The Balaban J connectivity index is 1.75. The van der Waals surface area contributed by atoms with Crippen LogP contribution in [-0.2, 0) is 4.74 Å². The molecule has 0 atom stereocenters. The average molecular weight is 441 g/mol. The van der Waals surface area contributed by atoms with E-state index in [1.165, 1.54) is 31.2 Å². The van der Waals surface area contributed by atoms with Gasteiger partial charge < -0.3 is 4.74 Å². The van der Waals surface area contributed by atoms with Crippen molar-refractivity contribution >= 4 is 5.97 Å². The molecule has 5 heteroatoms. The van der Waals surface area contributed by atoms with E-state index in [1.807, 2.05) is 0 Å². The molecule has 0 heterocycles. The van der Waals surface area contributed by atoms with Gasteiger partial charge in [-0.05, 0) is 60.4 Å². The van der Waals surface area contributed by atoms with Gasteiger partial charge >= 0.3 is 5.97 Å². The van der Waals surface area contributed by atoms with Gasteiger partial charge in [0.25, 0.3) is 0 Å². The van der Waals surface area contributed by atoms with Crippen molar-refractivity contribution in [3.63, 3.8) is 0 Å². The minimum Gasteiger partial charge on any atom is -0.423 e. The van der Waals surface area contributed by atoms with Crippen molar-refractivity contribution in [3.8, 4) is 11.1 Å². The van der Waals surface area contributed by atoms with E-state index in [2.05, 4.69) is 20.1 Å². The zero-order valence-corrected chi connectivity index (χ0v) is 18.4. The van der Waals surface area contributed by atoms with Crippen molar-refractivity contribution in [1.82, 2.24) is 0 Å². The van der Waals surface area contributed by atoms with Crippen LogP contribution in [0.5, 0.6) is 0 Å². The Morgan fingerprint density at radius 2 is 1.62 bits per heavy atom. The first-order chi connectivity index (χ1) is 15.2. The van der Waals surface area contributed by atoms with Crippen molar-refractivity contribution in [3.05, 3.63) is 95.6 Å². The summed E-state index contributed by atoms with van der Waals surface area (Å²) >= 11 is 0. The number of ether oxygens (including phenoxy) is 1. The molecular formula is C27H27F3O2. The summed E-state index contributed by atoms with van der Waals surface area (Å²) in [5.41, 5.74) is 1.37. The molecule has 0 N–H and O–H groups in total. The van der Waals surface area contributed by atoms with Gasteiger partial charge in [0.2, 0.25) is 0 Å². The maximum atomic E-state index is 14.9. The van der Waals surface area contributed by atoms with Crippen LogP contribution in [0.25, 0.3) is 11.1 Å². The molecule has 1 saturated carbocycles. The highest BCUT2D eigenvalue weighted by Gasteiger charge is 2.25. The highest BCUT2D eigenvalue weighted by molar-refractivity contribution is 5.91. The zero-order chi connectivity index (χ0) is 23.4. The van der Waals surface area contributed by atoms with Gasteiger partial charge in [0.05, 0.1) is 5.56 Å². The summed E-state index contributed by atoms with van der Waals surface area (Å²) in [6.07, 6.45) is 4.75. The van der Waals surface area contributed by atoms with Crippen LogP contribution >= 0.6 is 0 Å². The lowest BCUT2D eigenvalue weighted by atomic mass is 9.79. The maximum absolute atomic E-state index is 14.9. The molecule has 0 saturated heterocycles. The molecular weight excluding hydrogens is 413 g/mol. The third kappa shape index (κ3) is 5.39. The Bertz CT molecular complexity index is 1060. The van der Waals surface area contributed by atoms with Crippen molar-refractivity contribution in [2.75, 3.05) is 0 Å². The molecule has 2 aromatic carbocycles. The number of halogens is 3. The van der Waals surface area contributed by atoms with Gasteiger partial charge in [-0.1, -0.05) is 57.2 Å². The van der Waals surface area contributed by atoms with Gasteiger partial charge in [-0.15, -0.1) is 0 Å². The Morgan fingerprint density at radius 1 is 1.00 bits per heavy atom. The van der Waals surface area contributed by atoms with Crippen LogP contribution in [0, 0.1) is 17.6 Å². The second-order valence-corrected chi connectivity index (χ2v) is 8.49. The first-order valence-electron chi connectivity index (χ1n) is 10.7. The summed E-state index contributed by atoms with van der Waals surface area (Å²) in [6, 6.07) is 9.18. The first-order valence-corrected chi connectivity index (χ1v) is 10.7. The molecule has 1 aliphatic carbocycles. The molecule has 3 rings (SSSR count). The predicted octanol–water partition coefficient (Wildman–Crippen LogP) is 8.03. The monoisotopic (exact) mass is 440 g/mol. The number of esters is 1. The van der Waals surface area contributed by atoms with E-state index in [0.29, 0.717) is 17.0 Å². The molecule has 0 aromatic heterocycles. The summed E-state index contributed by atoms with van der Waals surface area (Å²) < 4.78 is 48.3. The number of rotatable bonds is 6. The molecule has 2 nitrogen and oxygen atoms in total. The first kappa shape index (κ1) is 23.6. The second-order valence-electron chi connectivity index (χ2n) is 8.49. The Labute approximate surface area is 187 Å². The fraction of sp³-hybridized carbons (Fsp3) is 0.296. The fourth-order valence-corrected chi connectivity index (χ4v) is 3.93. The molecule has 0 bridgehead atoms. The summed E-state index contributed by atoms with van der Waals surface area (Å²) in [5.74, 6) is -2.55. The van der Waals surface area contributed by atoms with Gasteiger partial charge in [-0.3, -0.25) is 0 Å². The van der Waals surface area contributed by atoms with Crippen LogP contribution in [0.4, 0.5) is 13.2 Å². The van der Waals surface area contributed by atoms with E-state index in [0.717, 1.165) is 31.8 Å². The van der Waals surface area contributed by atoms with Crippen molar-refractivity contribution in [2.24, 2.45) is 5.92 Å². The number of carbonyl (C=O) groups excluding carboxylic acids is 1. The molecule has 0 aliphatic heterocycles. The SMILES string of the molecule is C=C(/C=C(/F)C(=C)C)OC(=O)c1ccc(-c2ccc(C3CCC(C)CC3)c(F)c2F)cc1. The highest BCUT2D eigenvalue weighted by atomic mass is 19.2. The van der Waals surface area contributed by atoms with Gasteiger partial charge in [-0.2, -0.15) is 0 Å². The van der Waals surface area contributed by atoms with Crippen LogP contribution in [0.2, 0.25) is 0 Å². The molecule has 1 aliphatic rings. The number of hydrogen-bond donors (Lipinski definition) is 0. The number of allylic oxidation sites excluding steroid dienone is 3. The zero-order valence-electron chi connectivity index (χ0n) is 18.4. The second kappa shape index (κ2) is 10.0. The van der Waals surface area contributed by atoms with E-state index in [4.69, 9.17) is 4.74 Å². The molecule has 168 valence electrons. The third-order valence-corrected chi connectivity index (χ3v) is 5.92. The van der Waals surface area contributed by atoms with Crippen molar-refractivity contribution in [2.45, 2.75) is 45.4 Å². The maximum Gasteiger partial charge on any atom is 0.343 e. The number of benzene rings is 2. The normalized spacial score (nSPS) is 18.8. The largest absolute Gasteiger partial charge is 0.423 e. The van der Waals surface area contributed by atoms with E-state index in [9.17, 15) is 18.0 Å². The van der Waals surface area contributed by atoms with Crippen LogP contribution in [0.15, 0.2) is 72.8 Å². The molecule has 0 radical (unpaired) electrons. The van der Waals surface area contributed by atoms with Crippen LogP contribution in [-0.4, -0.2) is 5.97 Å². The lowest BCUT2D eigenvalue weighted by Gasteiger charge is -2.27. The lowest BCUT2D eigenvalue weighted by molar-refractivity contribution is 0.0638. The average Bonchev–Trinajstić information content (AvgIpc) is 2.76. The fourth-order valence-electron chi connectivity index (χ4n) is 3.93. The molecule has 0 unspecified atom stereocenters. The standard InChI is InChI=1S/C27H27F3O2/c1-16(2)24(28)15-18(4)32-27(31)21-11-9-20(10-12-21)23-14-13-22(25(29)26(23)30)19-7-5-17(3)6-8-19/h9-15,17,19H,1,4-8H2,2-3H3/b24-15+. The predicted molar refractivity (Wildman–Crippen MR) is 121 cm³/mol. The van der Waals surface area contributed by atoms with Crippen LogP contribution in [0.1, 0.15) is 61.4 Å². The quantitative estimate of drug-likeness (QED) is 0.258. The van der Waals surface area contributed by atoms with Crippen LogP contribution < -0.4 is 0 Å². The molecule has 2 aromatic rings. The van der Waals surface area contributed by atoms with Crippen molar-refractivity contribution < 1.29 is 22.7 Å². The topological polar surface area (TPSA) is 26.3 Å². The number of carbonyl (C=O) groups is 1.